The van der Waals surface area contributed by atoms with Gasteiger partial charge in [-0.25, -0.2) is 4.79 Å². The molecule has 0 saturated carbocycles. The summed E-state index contributed by atoms with van der Waals surface area (Å²) in [7, 11) is 2.87. The molecule has 1 aromatic rings. The molecular formula is C12H14F3NO3. The molecule has 106 valence electrons. The normalized spacial score (nSPS) is 11.2. The standard InChI is InChI=1S/C12H14F3NO3/c1-16-6-8-3-4-10(19-7-12(13,14)15)9(5-8)11(17)18-2/h3-5,16H,6-7H2,1-2H3. The molecule has 0 spiro atoms. The van der Waals surface area contributed by atoms with E-state index in [-0.39, 0.29) is 11.3 Å². The molecule has 7 heteroatoms. The minimum atomic E-state index is -4.46. The number of esters is 1. The Morgan fingerprint density at radius 3 is 2.58 bits per heavy atom. The summed E-state index contributed by atoms with van der Waals surface area (Å²) in [6.07, 6.45) is -4.46. The molecule has 1 aromatic carbocycles. The van der Waals surface area contributed by atoms with Gasteiger partial charge in [0.05, 0.1) is 7.11 Å². The first-order valence-corrected chi connectivity index (χ1v) is 5.42. The first-order chi connectivity index (χ1) is 8.87. The van der Waals surface area contributed by atoms with Gasteiger partial charge < -0.3 is 14.8 Å². The number of methoxy groups -OCH3 is 1. The zero-order valence-electron chi connectivity index (χ0n) is 10.5. The van der Waals surface area contributed by atoms with Crippen molar-refractivity contribution in [1.82, 2.24) is 5.32 Å². The van der Waals surface area contributed by atoms with Crippen molar-refractivity contribution >= 4 is 5.97 Å². The monoisotopic (exact) mass is 277 g/mol. The summed E-state index contributed by atoms with van der Waals surface area (Å²) >= 11 is 0. The van der Waals surface area contributed by atoms with E-state index in [0.717, 1.165) is 12.7 Å². The van der Waals surface area contributed by atoms with Crippen LogP contribution >= 0.6 is 0 Å². The number of alkyl halides is 3. The topological polar surface area (TPSA) is 47.6 Å². The Bertz CT molecular complexity index is 446. The van der Waals surface area contributed by atoms with Gasteiger partial charge in [-0.2, -0.15) is 13.2 Å². The minimum absolute atomic E-state index is 0.0282. The lowest BCUT2D eigenvalue weighted by Gasteiger charge is -2.13. The highest BCUT2D eigenvalue weighted by Crippen LogP contribution is 2.24. The van der Waals surface area contributed by atoms with Crippen molar-refractivity contribution in [2.24, 2.45) is 0 Å². The zero-order valence-corrected chi connectivity index (χ0v) is 10.5. The van der Waals surface area contributed by atoms with E-state index in [1.54, 1.807) is 13.1 Å². The summed E-state index contributed by atoms with van der Waals surface area (Å²) in [6, 6.07) is 4.34. The van der Waals surface area contributed by atoms with Crippen molar-refractivity contribution in [1.29, 1.82) is 0 Å². The molecule has 0 fully saturated rings. The Morgan fingerprint density at radius 1 is 1.37 bits per heavy atom. The number of benzene rings is 1. The Morgan fingerprint density at radius 2 is 2.05 bits per heavy atom. The van der Waals surface area contributed by atoms with E-state index in [4.69, 9.17) is 0 Å². The smallest absolute Gasteiger partial charge is 0.422 e. The number of carbonyl (C=O) groups is 1. The number of ether oxygens (including phenoxy) is 2. The first-order valence-electron chi connectivity index (χ1n) is 5.42. The number of hydrogen-bond donors (Lipinski definition) is 1. The second-order valence-corrected chi connectivity index (χ2v) is 3.76. The minimum Gasteiger partial charge on any atom is -0.483 e. The molecule has 1 N–H and O–H groups in total. The average molecular weight is 277 g/mol. The molecule has 1 rings (SSSR count). The third-order valence-electron chi connectivity index (χ3n) is 2.22. The Kier molecular flexibility index (Phi) is 5.17. The van der Waals surface area contributed by atoms with Crippen LogP contribution in [0.4, 0.5) is 13.2 Å². The number of halogens is 3. The van der Waals surface area contributed by atoms with Crippen LogP contribution in [0.5, 0.6) is 5.75 Å². The highest BCUT2D eigenvalue weighted by molar-refractivity contribution is 5.92. The van der Waals surface area contributed by atoms with Gasteiger partial charge in [0.15, 0.2) is 6.61 Å². The summed E-state index contributed by atoms with van der Waals surface area (Å²) in [5.74, 6) is -0.890. The molecule has 0 aromatic heterocycles. The summed E-state index contributed by atoms with van der Waals surface area (Å²) < 4.78 is 45.4. The lowest BCUT2D eigenvalue weighted by molar-refractivity contribution is -0.153. The van der Waals surface area contributed by atoms with E-state index in [0.29, 0.717) is 6.54 Å². The number of carbonyl (C=O) groups excluding carboxylic acids is 1. The number of hydrogen-bond acceptors (Lipinski definition) is 4. The van der Waals surface area contributed by atoms with Crippen LogP contribution in [0.25, 0.3) is 0 Å². The maximum atomic E-state index is 12.1. The second kappa shape index (κ2) is 6.42. The molecule has 4 nitrogen and oxygen atoms in total. The van der Waals surface area contributed by atoms with E-state index in [1.807, 2.05) is 0 Å². The lowest BCUT2D eigenvalue weighted by atomic mass is 10.1. The fourth-order valence-electron chi connectivity index (χ4n) is 1.45. The van der Waals surface area contributed by atoms with Crippen LogP contribution < -0.4 is 10.1 Å². The van der Waals surface area contributed by atoms with Gasteiger partial charge in [0.1, 0.15) is 11.3 Å². The van der Waals surface area contributed by atoms with Crippen molar-refractivity contribution < 1.29 is 27.4 Å². The van der Waals surface area contributed by atoms with Gasteiger partial charge >= 0.3 is 12.1 Å². The Hall–Kier alpha value is -1.76. The van der Waals surface area contributed by atoms with Crippen molar-refractivity contribution in [2.45, 2.75) is 12.7 Å². The Balaban J connectivity index is 2.98. The van der Waals surface area contributed by atoms with Crippen LogP contribution in [-0.2, 0) is 11.3 Å². The van der Waals surface area contributed by atoms with Crippen LogP contribution in [-0.4, -0.2) is 32.9 Å². The Labute approximate surface area is 108 Å². The van der Waals surface area contributed by atoms with Crippen molar-refractivity contribution in [2.75, 3.05) is 20.8 Å². The maximum Gasteiger partial charge on any atom is 0.422 e. The molecule has 0 unspecified atom stereocenters. The van der Waals surface area contributed by atoms with Crippen LogP contribution in [0.2, 0.25) is 0 Å². The number of nitrogens with one attached hydrogen (secondary N) is 1. The van der Waals surface area contributed by atoms with E-state index in [1.165, 1.54) is 12.1 Å². The second-order valence-electron chi connectivity index (χ2n) is 3.76. The predicted molar refractivity (Wildman–Crippen MR) is 62.1 cm³/mol. The summed E-state index contributed by atoms with van der Waals surface area (Å²) in [6.45, 7) is -0.980. The van der Waals surface area contributed by atoms with Gasteiger partial charge in [-0.15, -0.1) is 0 Å². The summed E-state index contributed by atoms with van der Waals surface area (Å²) in [5, 5.41) is 2.87. The van der Waals surface area contributed by atoms with E-state index in [2.05, 4.69) is 14.8 Å². The van der Waals surface area contributed by atoms with Gasteiger partial charge in [-0.05, 0) is 24.7 Å². The third kappa shape index (κ3) is 4.78. The fourth-order valence-corrected chi connectivity index (χ4v) is 1.45. The molecule has 0 heterocycles. The van der Waals surface area contributed by atoms with Crippen molar-refractivity contribution in [3.05, 3.63) is 29.3 Å². The quantitative estimate of drug-likeness (QED) is 0.838. The molecule has 0 aliphatic heterocycles. The highest BCUT2D eigenvalue weighted by Gasteiger charge is 2.29. The fraction of sp³-hybridized carbons (Fsp3) is 0.417. The van der Waals surface area contributed by atoms with E-state index in [9.17, 15) is 18.0 Å². The predicted octanol–water partition coefficient (Wildman–Crippen LogP) is 2.13. The molecular weight excluding hydrogens is 263 g/mol. The average Bonchev–Trinajstić information content (AvgIpc) is 2.35. The van der Waals surface area contributed by atoms with Gasteiger partial charge in [0.25, 0.3) is 0 Å². The molecule has 0 aliphatic rings. The van der Waals surface area contributed by atoms with Gasteiger partial charge in [0, 0.05) is 6.54 Å². The molecule has 0 atom stereocenters. The molecule has 0 aliphatic carbocycles. The van der Waals surface area contributed by atoms with Crippen LogP contribution in [0, 0.1) is 0 Å². The first kappa shape index (κ1) is 15.3. The largest absolute Gasteiger partial charge is 0.483 e. The van der Waals surface area contributed by atoms with E-state index >= 15 is 0 Å². The number of rotatable bonds is 5. The summed E-state index contributed by atoms with van der Waals surface area (Å²) in [4.78, 5) is 11.5. The van der Waals surface area contributed by atoms with Crippen LogP contribution in [0.1, 0.15) is 15.9 Å². The van der Waals surface area contributed by atoms with Gasteiger partial charge in [-0.3, -0.25) is 0 Å². The maximum absolute atomic E-state index is 12.1. The molecule has 0 radical (unpaired) electrons. The zero-order chi connectivity index (χ0) is 14.5. The molecule has 0 bridgehead atoms. The van der Waals surface area contributed by atoms with Gasteiger partial charge in [-0.1, -0.05) is 6.07 Å². The van der Waals surface area contributed by atoms with Gasteiger partial charge in [0.2, 0.25) is 0 Å². The van der Waals surface area contributed by atoms with E-state index < -0.39 is 18.8 Å². The molecule has 0 amide bonds. The SMILES string of the molecule is CNCc1ccc(OCC(F)(F)F)c(C(=O)OC)c1. The van der Waals surface area contributed by atoms with Crippen molar-refractivity contribution in [3.8, 4) is 5.75 Å². The third-order valence-corrected chi connectivity index (χ3v) is 2.22. The van der Waals surface area contributed by atoms with Crippen LogP contribution in [0.3, 0.4) is 0 Å². The van der Waals surface area contributed by atoms with Crippen LogP contribution in [0.15, 0.2) is 18.2 Å². The summed E-state index contributed by atoms with van der Waals surface area (Å²) in [5.41, 5.74) is 0.710. The molecule has 0 saturated heterocycles. The van der Waals surface area contributed by atoms with Crippen molar-refractivity contribution in [3.63, 3.8) is 0 Å². The lowest BCUT2D eigenvalue weighted by Crippen LogP contribution is -2.20. The highest BCUT2D eigenvalue weighted by atomic mass is 19.4. The molecule has 19 heavy (non-hydrogen) atoms.